The van der Waals surface area contributed by atoms with Crippen LogP contribution in [0.5, 0.6) is 0 Å². The van der Waals surface area contributed by atoms with Crippen LogP contribution in [0, 0.1) is 0 Å². The summed E-state index contributed by atoms with van der Waals surface area (Å²) in [4.78, 5) is 23.5. The van der Waals surface area contributed by atoms with E-state index in [1.165, 1.54) is 0 Å². The van der Waals surface area contributed by atoms with E-state index in [1.807, 2.05) is 30.6 Å². The number of carbonyl (C=O) groups excluding carboxylic acids is 1. The summed E-state index contributed by atoms with van der Waals surface area (Å²) >= 11 is 6.68. The van der Waals surface area contributed by atoms with Crippen LogP contribution in [0.2, 0.25) is 5.02 Å². The lowest BCUT2D eigenvalue weighted by Gasteiger charge is -2.32. The molecule has 1 amide bonds. The van der Waals surface area contributed by atoms with Gasteiger partial charge in [0.1, 0.15) is 5.60 Å². The number of amides is 1. The van der Waals surface area contributed by atoms with Crippen molar-refractivity contribution in [2.24, 2.45) is 0 Å². The van der Waals surface area contributed by atoms with E-state index in [1.54, 1.807) is 36.0 Å². The first kappa shape index (κ1) is 27.9. The maximum absolute atomic E-state index is 11.5. The molecule has 3 aromatic heterocycles. The first-order valence-electron chi connectivity index (χ1n) is 13.6. The second kappa shape index (κ2) is 11.1. The normalized spacial score (nSPS) is 14.8. The predicted octanol–water partition coefficient (Wildman–Crippen LogP) is 4.03. The molecule has 3 N–H and O–H groups in total. The zero-order valence-corrected chi connectivity index (χ0v) is 24.3. The molecule has 1 aliphatic rings. The number of aliphatic hydroxyl groups is 1. The molecule has 1 aliphatic heterocycles. The van der Waals surface area contributed by atoms with Gasteiger partial charge in [0.05, 0.1) is 17.6 Å². The average molecular weight is 566 g/mol. The fourth-order valence-corrected chi connectivity index (χ4v) is 5.18. The molecule has 0 atom stereocenters. The van der Waals surface area contributed by atoms with Gasteiger partial charge in [-0.3, -0.25) is 4.79 Å². The van der Waals surface area contributed by atoms with E-state index in [9.17, 15) is 9.90 Å². The second-order valence-electron chi connectivity index (χ2n) is 11.1. The first-order chi connectivity index (χ1) is 19.0. The van der Waals surface area contributed by atoms with Gasteiger partial charge in [-0.15, -0.1) is 0 Å². The van der Waals surface area contributed by atoms with Crippen LogP contribution in [0.15, 0.2) is 36.7 Å². The minimum atomic E-state index is -1.06. The molecule has 1 saturated heterocycles. The molecule has 1 fully saturated rings. The first-order valence-corrected chi connectivity index (χ1v) is 14.0. The predicted molar refractivity (Wildman–Crippen MR) is 155 cm³/mol. The van der Waals surface area contributed by atoms with Crippen LogP contribution >= 0.6 is 11.6 Å². The van der Waals surface area contributed by atoms with Gasteiger partial charge in [0.2, 0.25) is 17.8 Å². The van der Waals surface area contributed by atoms with E-state index in [2.05, 4.69) is 39.6 Å². The number of nitrogens with zero attached hydrogens (tertiary/aromatic N) is 7. The zero-order chi connectivity index (χ0) is 28.6. The van der Waals surface area contributed by atoms with Crippen LogP contribution in [0.4, 0.5) is 11.9 Å². The molecule has 0 radical (unpaired) electrons. The fraction of sp³-hybridized carbons (Fsp3) is 0.464. The van der Waals surface area contributed by atoms with Crippen molar-refractivity contribution in [3.8, 4) is 5.69 Å². The van der Waals surface area contributed by atoms with E-state index in [0.29, 0.717) is 29.2 Å². The number of halogens is 1. The highest BCUT2D eigenvalue weighted by molar-refractivity contribution is 6.31. The van der Waals surface area contributed by atoms with Crippen molar-refractivity contribution in [2.75, 3.05) is 23.3 Å². The Kier molecular flexibility index (Phi) is 7.70. The van der Waals surface area contributed by atoms with Crippen molar-refractivity contribution in [2.45, 2.75) is 71.6 Å². The molecule has 0 unspecified atom stereocenters. The third kappa shape index (κ3) is 5.75. The standard InChI is InChI=1S/C28H36ClN9O2/c1-17(2)20-16-31-38-25(20)33-27(36-12-9-19(10-13-36)32-18(3)39)34-26(38)30-15-21-22(29)7-6-8-23(21)37-14-11-24(35-37)28(4,5)40/h6-8,11,14,16-17,19,40H,9-10,12-13,15H2,1-5H3,(H,32,39)(H,30,33,34). The highest BCUT2D eigenvalue weighted by Crippen LogP contribution is 2.28. The van der Waals surface area contributed by atoms with Gasteiger partial charge in [0.15, 0.2) is 5.65 Å². The topological polar surface area (TPSA) is 126 Å². The Morgan fingerprint density at radius 1 is 1.20 bits per heavy atom. The van der Waals surface area contributed by atoms with Gasteiger partial charge in [-0.05, 0) is 50.8 Å². The number of rotatable bonds is 8. The molecule has 4 heterocycles. The number of piperidine rings is 1. The maximum atomic E-state index is 11.5. The summed E-state index contributed by atoms with van der Waals surface area (Å²) in [5, 5.41) is 26.6. The van der Waals surface area contributed by atoms with Gasteiger partial charge in [0, 0.05) is 54.9 Å². The van der Waals surface area contributed by atoms with Gasteiger partial charge in [-0.1, -0.05) is 31.5 Å². The van der Waals surface area contributed by atoms with Gasteiger partial charge in [-0.2, -0.15) is 24.7 Å². The lowest BCUT2D eigenvalue weighted by Crippen LogP contribution is -2.44. The van der Waals surface area contributed by atoms with Crippen LogP contribution < -0.4 is 15.5 Å². The summed E-state index contributed by atoms with van der Waals surface area (Å²) in [5.74, 6) is 1.41. The largest absolute Gasteiger partial charge is 0.384 e. The van der Waals surface area contributed by atoms with Crippen molar-refractivity contribution in [3.63, 3.8) is 0 Å². The van der Waals surface area contributed by atoms with Crippen molar-refractivity contribution >= 4 is 35.1 Å². The van der Waals surface area contributed by atoms with E-state index in [-0.39, 0.29) is 17.9 Å². The van der Waals surface area contributed by atoms with Crippen LogP contribution in [0.25, 0.3) is 11.3 Å². The van der Waals surface area contributed by atoms with E-state index in [0.717, 1.165) is 48.4 Å². The van der Waals surface area contributed by atoms with Crippen molar-refractivity contribution in [1.29, 1.82) is 0 Å². The number of hydrogen-bond acceptors (Lipinski definition) is 8. The Labute approximate surface area is 238 Å². The zero-order valence-electron chi connectivity index (χ0n) is 23.5. The van der Waals surface area contributed by atoms with Gasteiger partial charge >= 0.3 is 0 Å². The van der Waals surface area contributed by atoms with Crippen molar-refractivity contribution < 1.29 is 9.90 Å². The summed E-state index contributed by atoms with van der Waals surface area (Å²) < 4.78 is 3.46. The van der Waals surface area contributed by atoms with Gasteiger partial charge in [-0.25, -0.2) is 4.68 Å². The fourth-order valence-electron chi connectivity index (χ4n) is 4.95. The molecular weight excluding hydrogens is 530 g/mol. The summed E-state index contributed by atoms with van der Waals surface area (Å²) in [6, 6.07) is 7.61. The average Bonchev–Trinajstić information content (AvgIpc) is 3.56. The quantitative estimate of drug-likeness (QED) is 0.292. The van der Waals surface area contributed by atoms with E-state index < -0.39 is 5.60 Å². The summed E-state index contributed by atoms with van der Waals surface area (Å²) in [6.45, 7) is 11.0. The Balaban J connectivity index is 1.46. The molecule has 212 valence electrons. The Bertz CT molecular complexity index is 1510. The molecule has 0 spiro atoms. The summed E-state index contributed by atoms with van der Waals surface area (Å²) in [5.41, 5.74) is 2.92. The lowest BCUT2D eigenvalue weighted by atomic mass is 10.1. The SMILES string of the molecule is CC(=O)NC1CCN(c2nc(NCc3c(Cl)cccc3-n3ccc(C(C)(C)O)n3)n3ncc(C(C)C)c3n2)CC1. The number of benzene rings is 1. The second-order valence-corrected chi connectivity index (χ2v) is 11.5. The molecule has 12 heteroatoms. The molecule has 0 aliphatic carbocycles. The third-order valence-electron chi connectivity index (χ3n) is 7.17. The summed E-state index contributed by atoms with van der Waals surface area (Å²) in [7, 11) is 0. The highest BCUT2D eigenvalue weighted by Gasteiger charge is 2.25. The van der Waals surface area contributed by atoms with Crippen LogP contribution in [0.1, 0.15) is 70.2 Å². The van der Waals surface area contributed by atoms with E-state index >= 15 is 0 Å². The molecule has 11 nitrogen and oxygen atoms in total. The Hall–Kier alpha value is -3.70. The molecule has 40 heavy (non-hydrogen) atoms. The smallest absolute Gasteiger partial charge is 0.230 e. The number of nitrogens with one attached hydrogen (secondary N) is 2. The maximum Gasteiger partial charge on any atom is 0.230 e. The minimum Gasteiger partial charge on any atom is -0.384 e. The van der Waals surface area contributed by atoms with Crippen molar-refractivity contribution in [1.82, 2.24) is 34.7 Å². The lowest BCUT2D eigenvalue weighted by molar-refractivity contribution is -0.119. The Morgan fingerprint density at radius 3 is 2.60 bits per heavy atom. The number of fused-ring (bicyclic) bond motifs is 1. The third-order valence-corrected chi connectivity index (χ3v) is 7.52. The minimum absolute atomic E-state index is 0.00575. The molecule has 0 saturated carbocycles. The van der Waals surface area contributed by atoms with Crippen LogP contribution in [-0.4, -0.2) is 59.5 Å². The molecule has 5 rings (SSSR count). The number of hydrogen-bond donors (Lipinski definition) is 3. The van der Waals surface area contributed by atoms with Gasteiger partial charge in [0.25, 0.3) is 0 Å². The molecule has 4 aromatic rings. The van der Waals surface area contributed by atoms with Gasteiger partial charge < -0.3 is 20.6 Å². The molecule has 1 aromatic carbocycles. The highest BCUT2D eigenvalue weighted by atomic mass is 35.5. The summed E-state index contributed by atoms with van der Waals surface area (Å²) in [6.07, 6.45) is 5.31. The number of carbonyl (C=O) groups is 1. The monoisotopic (exact) mass is 565 g/mol. The van der Waals surface area contributed by atoms with E-state index in [4.69, 9.17) is 21.6 Å². The Morgan fingerprint density at radius 2 is 1.95 bits per heavy atom. The van der Waals surface area contributed by atoms with Crippen LogP contribution in [-0.2, 0) is 16.9 Å². The number of aromatic nitrogens is 6. The van der Waals surface area contributed by atoms with Crippen LogP contribution in [0.3, 0.4) is 0 Å². The number of anilines is 2. The molecular formula is C28H36ClN9O2. The molecule has 0 bridgehead atoms. The van der Waals surface area contributed by atoms with Crippen molar-refractivity contribution in [3.05, 3.63) is 58.5 Å².